The lowest BCUT2D eigenvalue weighted by molar-refractivity contribution is 0.623. The molecule has 0 atom stereocenters. The van der Waals surface area contributed by atoms with Gasteiger partial charge in [0, 0.05) is 20.8 Å². The van der Waals surface area contributed by atoms with Crippen LogP contribution in [-0.2, 0) is 6.54 Å². The van der Waals surface area contributed by atoms with Gasteiger partial charge in [0.2, 0.25) is 0 Å². The van der Waals surface area contributed by atoms with Crippen LogP contribution >= 0.6 is 34.2 Å². The topological polar surface area (TPSA) is 35.8 Å². The Hall–Kier alpha value is -1.32. The first-order valence-corrected chi connectivity index (χ1v) is 6.93. The van der Waals surface area contributed by atoms with Crippen molar-refractivity contribution in [2.45, 2.75) is 6.54 Å². The van der Waals surface area contributed by atoms with Crippen LogP contribution in [0, 0.1) is 20.7 Å². The molecule has 0 spiro atoms. The number of nitriles is 1. The molecule has 96 valence electrons. The van der Waals surface area contributed by atoms with E-state index in [0.717, 1.165) is 14.8 Å². The van der Waals surface area contributed by atoms with Crippen LogP contribution in [0.3, 0.4) is 0 Å². The Balaban J connectivity index is 2.13. The van der Waals surface area contributed by atoms with Crippen molar-refractivity contribution >= 4 is 39.9 Å². The third kappa shape index (κ3) is 3.58. The van der Waals surface area contributed by atoms with E-state index in [1.165, 1.54) is 6.07 Å². The molecule has 2 nitrogen and oxygen atoms in total. The molecule has 0 bridgehead atoms. The second-order valence-electron chi connectivity index (χ2n) is 3.90. The maximum Gasteiger partial charge on any atom is 0.140 e. The zero-order valence-corrected chi connectivity index (χ0v) is 12.7. The van der Waals surface area contributed by atoms with Gasteiger partial charge in [0.05, 0.1) is 5.56 Å². The van der Waals surface area contributed by atoms with Gasteiger partial charge in [-0.05, 0) is 58.5 Å². The quantitative estimate of drug-likeness (QED) is 0.785. The summed E-state index contributed by atoms with van der Waals surface area (Å²) < 4.78 is 14.2. The molecule has 0 aromatic heterocycles. The van der Waals surface area contributed by atoms with Crippen LogP contribution < -0.4 is 5.32 Å². The van der Waals surface area contributed by atoms with E-state index in [2.05, 4.69) is 27.9 Å². The standard InChI is InChI=1S/C14H9ClFIN2/c15-11-2-4-14(13(17)6-11)19-8-9-1-3-12(16)10(5-9)7-18/h1-6,19H,8H2. The minimum atomic E-state index is -0.493. The fourth-order valence-electron chi connectivity index (χ4n) is 1.60. The van der Waals surface area contributed by atoms with Crippen LogP contribution in [0.4, 0.5) is 10.1 Å². The lowest BCUT2D eigenvalue weighted by Gasteiger charge is -2.09. The monoisotopic (exact) mass is 386 g/mol. The van der Waals surface area contributed by atoms with Crippen molar-refractivity contribution in [3.63, 3.8) is 0 Å². The lowest BCUT2D eigenvalue weighted by atomic mass is 10.1. The van der Waals surface area contributed by atoms with Crippen molar-refractivity contribution in [2.75, 3.05) is 5.32 Å². The van der Waals surface area contributed by atoms with E-state index >= 15 is 0 Å². The second kappa shape index (κ2) is 6.22. The third-order valence-electron chi connectivity index (χ3n) is 2.57. The van der Waals surface area contributed by atoms with Crippen LogP contribution in [0.15, 0.2) is 36.4 Å². The highest BCUT2D eigenvalue weighted by atomic mass is 127. The number of nitrogens with zero attached hydrogens (tertiary/aromatic N) is 1. The smallest absolute Gasteiger partial charge is 0.140 e. The summed E-state index contributed by atoms with van der Waals surface area (Å²) in [5.41, 5.74) is 1.86. The van der Waals surface area contributed by atoms with E-state index < -0.39 is 5.82 Å². The fourth-order valence-corrected chi connectivity index (χ4v) is 2.66. The van der Waals surface area contributed by atoms with Gasteiger partial charge in [-0.1, -0.05) is 17.7 Å². The number of hydrogen-bond acceptors (Lipinski definition) is 2. The summed E-state index contributed by atoms with van der Waals surface area (Å²) in [6, 6.07) is 11.9. The largest absolute Gasteiger partial charge is 0.380 e. The minimum Gasteiger partial charge on any atom is -0.380 e. The molecule has 0 radical (unpaired) electrons. The maximum atomic E-state index is 13.2. The summed E-state index contributed by atoms with van der Waals surface area (Å²) in [5, 5.41) is 12.7. The first-order chi connectivity index (χ1) is 9.10. The molecule has 0 saturated heterocycles. The summed E-state index contributed by atoms with van der Waals surface area (Å²) in [7, 11) is 0. The van der Waals surface area contributed by atoms with Gasteiger partial charge in [-0.25, -0.2) is 4.39 Å². The molecule has 0 heterocycles. The third-order valence-corrected chi connectivity index (χ3v) is 3.69. The number of anilines is 1. The Bertz CT molecular complexity index is 652. The molecule has 19 heavy (non-hydrogen) atoms. The van der Waals surface area contributed by atoms with Crippen LogP contribution in [0.5, 0.6) is 0 Å². The lowest BCUT2D eigenvalue weighted by Crippen LogP contribution is -2.01. The normalized spacial score (nSPS) is 10.0. The zero-order chi connectivity index (χ0) is 13.8. The minimum absolute atomic E-state index is 0.0603. The van der Waals surface area contributed by atoms with E-state index in [-0.39, 0.29) is 5.56 Å². The number of rotatable bonds is 3. The highest BCUT2D eigenvalue weighted by Gasteiger charge is 2.04. The van der Waals surface area contributed by atoms with Crippen LogP contribution in [0.2, 0.25) is 5.02 Å². The van der Waals surface area contributed by atoms with Gasteiger partial charge >= 0.3 is 0 Å². The first kappa shape index (κ1) is 14.1. The van der Waals surface area contributed by atoms with E-state index in [4.69, 9.17) is 16.9 Å². The Labute approximate surface area is 129 Å². The summed E-state index contributed by atoms with van der Waals surface area (Å²) >= 11 is 8.07. The molecule has 1 N–H and O–H groups in total. The molecule has 2 rings (SSSR count). The second-order valence-corrected chi connectivity index (χ2v) is 5.50. The number of halogens is 3. The van der Waals surface area contributed by atoms with E-state index in [1.54, 1.807) is 18.2 Å². The van der Waals surface area contributed by atoms with Crippen molar-refractivity contribution in [3.8, 4) is 6.07 Å². The molecule has 0 aliphatic heterocycles. The molecule has 2 aromatic rings. The van der Waals surface area contributed by atoms with Gasteiger partial charge in [-0.15, -0.1) is 0 Å². The van der Waals surface area contributed by atoms with Crippen molar-refractivity contribution in [3.05, 3.63) is 61.9 Å². The molecule has 5 heteroatoms. The van der Waals surface area contributed by atoms with Gasteiger partial charge in [-0.2, -0.15) is 5.26 Å². The Kier molecular flexibility index (Phi) is 4.61. The predicted molar refractivity (Wildman–Crippen MR) is 82.6 cm³/mol. The van der Waals surface area contributed by atoms with E-state index in [1.807, 2.05) is 18.2 Å². The van der Waals surface area contributed by atoms with E-state index in [9.17, 15) is 4.39 Å². The molecule has 0 fully saturated rings. The summed E-state index contributed by atoms with van der Waals surface area (Å²) in [4.78, 5) is 0. The van der Waals surface area contributed by atoms with Crippen molar-refractivity contribution in [1.82, 2.24) is 0 Å². The molecule has 0 amide bonds. The molecule has 0 saturated carbocycles. The Morgan fingerprint density at radius 3 is 2.74 bits per heavy atom. The van der Waals surface area contributed by atoms with Crippen molar-refractivity contribution in [2.24, 2.45) is 0 Å². The average molecular weight is 387 g/mol. The predicted octanol–water partition coefficient (Wildman–Crippen LogP) is 4.57. The Morgan fingerprint density at radius 2 is 2.05 bits per heavy atom. The maximum absolute atomic E-state index is 13.2. The van der Waals surface area contributed by atoms with E-state index in [0.29, 0.717) is 11.6 Å². The number of nitrogens with one attached hydrogen (secondary N) is 1. The number of hydrogen-bond donors (Lipinski definition) is 1. The van der Waals surface area contributed by atoms with Gasteiger partial charge in [0.1, 0.15) is 11.9 Å². The van der Waals surface area contributed by atoms with Gasteiger partial charge in [-0.3, -0.25) is 0 Å². The van der Waals surface area contributed by atoms with Crippen LogP contribution in [0.25, 0.3) is 0 Å². The Morgan fingerprint density at radius 1 is 1.26 bits per heavy atom. The van der Waals surface area contributed by atoms with Gasteiger partial charge in [0.15, 0.2) is 0 Å². The molecular formula is C14H9ClFIN2. The molecule has 2 aromatic carbocycles. The SMILES string of the molecule is N#Cc1cc(CNc2ccc(Cl)cc2I)ccc1F. The summed E-state index contributed by atoms with van der Waals surface area (Å²) in [6.45, 7) is 0.520. The van der Waals surface area contributed by atoms with Crippen molar-refractivity contribution < 1.29 is 4.39 Å². The summed E-state index contributed by atoms with van der Waals surface area (Å²) in [6.07, 6.45) is 0. The summed E-state index contributed by atoms with van der Waals surface area (Å²) in [5.74, 6) is -0.493. The average Bonchev–Trinajstić information content (AvgIpc) is 2.39. The van der Waals surface area contributed by atoms with Gasteiger partial charge < -0.3 is 5.32 Å². The van der Waals surface area contributed by atoms with Gasteiger partial charge in [0.25, 0.3) is 0 Å². The molecular weight excluding hydrogens is 378 g/mol. The van der Waals surface area contributed by atoms with Crippen molar-refractivity contribution in [1.29, 1.82) is 5.26 Å². The molecule has 0 aliphatic rings. The number of benzene rings is 2. The molecule has 0 unspecified atom stereocenters. The highest BCUT2D eigenvalue weighted by Crippen LogP contribution is 2.23. The molecule has 0 aliphatic carbocycles. The fraction of sp³-hybridized carbons (Fsp3) is 0.0714. The zero-order valence-electron chi connectivity index (χ0n) is 9.75. The van der Waals surface area contributed by atoms with Crippen LogP contribution in [-0.4, -0.2) is 0 Å². The highest BCUT2D eigenvalue weighted by molar-refractivity contribution is 14.1. The first-order valence-electron chi connectivity index (χ1n) is 5.47. The van der Waals surface area contributed by atoms with Crippen LogP contribution in [0.1, 0.15) is 11.1 Å².